The van der Waals surface area contributed by atoms with Gasteiger partial charge >= 0.3 is 184 Å². The van der Waals surface area contributed by atoms with Crippen molar-refractivity contribution < 1.29 is 15.7 Å². The summed E-state index contributed by atoms with van der Waals surface area (Å²) in [5, 5.41) is 0. The maximum absolute atomic E-state index is 13.0. The molecule has 0 unspecified atom stereocenters. The predicted octanol–water partition coefficient (Wildman–Crippen LogP) is 7.08. The summed E-state index contributed by atoms with van der Waals surface area (Å²) in [7, 11) is 0. The maximum atomic E-state index is 13.0. The van der Waals surface area contributed by atoms with Crippen molar-refractivity contribution in [3.63, 3.8) is 0 Å². The van der Waals surface area contributed by atoms with Crippen molar-refractivity contribution >= 4 is 31.1 Å². The summed E-state index contributed by atoms with van der Waals surface area (Å²) in [5.41, 5.74) is 1.23. The summed E-state index contributed by atoms with van der Waals surface area (Å²) < 4.78 is 13.2. The Morgan fingerprint density at radius 2 is 1.03 bits per heavy atom. The van der Waals surface area contributed by atoms with E-state index in [4.69, 9.17) is 6.15 Å². The topological polar surface area (TPSA) is 52.6 Å². The molecule has 0 aromatic rings. The Morgan fingerprint density at radius 1 is 0.655 bits per heavy atom. The molecule has 1 aliphatic rings. The first-order chi connectivity index (χ1) is 13.7. The zero-order chi connectivity index (χ0) is 21.9. The van der Waals surface area contributed by atoms with E-state index in [-0.39, 0.29) is 11.9 Å². The van der Waals surface area contributed by atoms with Gasteiger partial charge in [-0.1, -0.05) is 0 Å². The van der Waals surface area contributed by atoms with Crippen LogP contribution < -0.4 is 0 Å². The Kier molecular flexibility index (Phi) is 12.5. The van der Waals surface area contributed by atoms with Crippen molar-refractivity contribution in [3.8, 4) is 0 Å². The molecule has 0 aliphatic carbocycles. The van der Waals surface area contributed by atoms with E-state index in [9.17, 15) is 9.59 Å². The molecule has 0 saturated heterocycles. The third-order valence-electron chi connectivity index (χ3n) is 5.91. The summed E-state index contributed by atoms with van der Waals surface area (Å²) in [6, 6.07) is 0. The first kappa shape index (κ1) is 26.5. The molecule has 1 aliphatic heterocycles. The number of rotatable bonds is 14. The van der Waals surface area contributed by atoms with Gasteiger partial charge in [0.25, 0.3) is 0 Å². The Labute approximate surface area is 184 Å². The van der Waals surface area contributed by atoms with Gasteiger partial charge in [0.1, 0.15) is 0 Å². The van der Waals surface area contributed by atoms with Gasteiger partial charge in [0.15, 0.2) is 0 Å². The van der Waals surface area contributed by atoms with Crippen molar-refractivity contribution in [2.24, 2.45) is 11.8 Å². The van der Waals surface area contributed by atoms with Crippen LogP contribution in [0.1, 0.15) is 106 Å². The van der Waals surface area contributed by atoms with Crippen LogP contribution in [0.15, 0.2) is 11.1 Å². The Hall–Kier alpha value is -0.521. The summed E-state index contributed by atoms with van der Waals surface area (Å²) in [6.45, 7) is 12.9. The molecule has 0 aromatic heterocycles. The minimum absolute atomic E-state index is 0.253. The molecule has 29 heavy (non-hydrogen) atoms. The number of hydrogen-bond donors (Lipinski definition) is 0. The van der Waals surface area contributed by atoms with Crippen LogP contribution in [0.3, 0.4) is 0 Å². The summed E-state index contributed by atoms with van der Waals surface area (Å²) in [5.74, 6) is 0.905. The van der Waals surface area contributed by atoms with Crippen molar-refractivity contribution in [2.45, 2.75) is 115 Å². The average Bonchev–Trinajstić information content (AvgIpc) is 2.76. The Balaban J connectivity index is 2.86. The van der Waals surface area contributed by atoms with Gasteiger partial charge < -0.3 is 0 Å². The molecule has 0 fully saturated rings. The first-order valence-corrected chi connectivity index (χ1v) is 18.3. The fourth-order valence-electron chi connectivity index (χ4n) is 3.84. The van der Waals surface area contributed by atoms with Crippen molar-refractivity contribution in [1.82, 2.24) is 0 Å². The molecular weight excluding hydrogens is 471 g/mol. The molecule has 0 N–H and O–H groups in total. The molecule has 0 radical (unpaired) electrons. The van der Waals surface area contributed by atoms with Crippen molar-refractivity contribution in [2.75, 3.05) is 0 Å². The van der Waals surface area contributed by atoms with Crippen LogP contribution in [-0.2, 0) is 15.7 Å². The SMILES string of the molecule is C[CH2][Sn]1([CH2]C)[O]C(=O)C(CCCCCC(C)C)=C(CCCCCC(C)C)C(=O)[O]1. The molecule has 168 valence electrons. The van der Waals surface area contributed by atoms with Gasteiger partial charge in [-0.2, -0.15) is 0 Å². The van der Waals surface area contributed by atoms with E-state index in [1.165, 1.54) is 25.7 Å². The summed E-state index contributed by atoms with van der Waals surface area (Å²) >= 11 is -3.62. The van der Waals surface area contributed by atoms with E-state index in [0.717, 1.165) is 25.7 Å². The molecule has 1 rings (SSSR count). The van der Waals surface area contributed by atoms with E-state index in [2.05, 4.69) is 27.7 Å². The summed E-state index contributed by atoms with van der Waals surface area (Å²) in [6.07, 6.45) is 10.1. The zero-order valence-corrected chi connectivity index (χ0v) is 22.6. The average molecular weight is 515 g/mol. The second kappa shape index (κ2) is 13.7. The second-order valence-electron chi connectivity index (χ2n) is 9.34. The fourth-order valence-corrected chi connectivity index (χ4v) is 9.66. The zero-order valence-electron chi connectivity index (χ0n) is 19.8. The van der Waals surface area contributed by atoms with Crippen LogP contribution >= 0.6 is 0 Å². The van der Waals surface area contributed by atoms with Gasteiger partial charge in [0.05, 0.1) is 0 Å². The third-order valence-corrected chi connectivity index (χ3v) is 15.2. The molecule has 0 aromatic carbocycles. The van der Waals surface area contributed by atoms with E-state index in [1.54, 1.807) is 0 Å². The molecule has 0 spiro atoms. The Morgan fingerprint density at radius 3 is 1.34 bits per heavy atom. The van der Waals surface area contributed by atoms with Crippen LogP contribution in [0.2, 0.25) is 8.87 Å². The number of carbonyl (C=O) groups is 2. The van der Waals surface area contributed by atoms with Gasteiger partial charge in [0.2, 0.25) is 0 Å². The molecular formula is C24H44O4Sn. The normalized spacial score (nSPS) is 17.0. The van der Waals surface area contributed by atoms with Crippen LogP contribution in [0.25, 0.3) is 0 Å². The van der Waals surface area contributed by atoms with Crippen LogP contribution in [0, 0.1) is 11.8 Å². The Bertz CT molecular complexity index is 503. The summed E-state index contributed by atoms with van der Waals surface area (Å²) in [4.78, 5) is 26.0. The van der Waals surface area contributed by atoms with Crippen LogP contribution in [-0.4, -0.2) is 31.1 Å². The van der Waals surface area contributed by atoms with Crippen molar-refractivity contribution in [1.29, 1.82) is 0 Å². The molecule has 1 heterocycles. The molecule has 0 saturated carbocycles. The molecule has 5 heteroatoms. The van der Waals surface area contributed by atoms with Gasteiger partial charge in [-0.05, 0) is 0 Å². The van der Waals surface area contributed by atoms with Crippen LogP contribution in [0.5, 0.6) is 0 Å². The van der Waals surface area contributed by atoms with E-state index in [1.807, 2.05) is 13.8 Å². The van der Waals surface area contributed by atoms with Gasteiger partial charge in [-0.15, -0.1) is 0 Å². The molecule has 0 bridgehead atoms. The molecule has 0 amide bonds. The number of carbonyl (C=O) groups excluding carboxylic acids is 2. The van der Waals surface area contributed by atoms with Gasteiger partial charge in [0, 0.05) is 0 Å². The second-order valence-corrected chi connectivity index (χ2v) is 19.7. The standard InChI is InChI=1S/C20H36O4.2C2H5.Sn/c1-15(2)11-7-5-9-13-17(19(21)22)18(20(23)24)14-10-6-8-12-16(3)4;2*1-2;/h15-16H,5-14H2,1-4H3,(H,21,22)(H,23,24);2*1H2,2H3;/q;;;+2/p-2. The fraction of sp³-hybridized carbons (Fsp3) is 0.833. The van der Waals surface area contributed by atoms with Crippen molar-refractivity contribution in [3.05, 3.63) is 11.1 Å². The molecule has 4 nitrogen and oxygen atoms in total. The number of hydrogen-bond acceptors (Lipinski definition) is 4. The number of unbranched alkanes of at least 4 members (excludes halogenated alkanes) is 4. The van der Waals surface area contributed by atoms with E-state index >= 15 is 0 Å². The van der Waals surface area contributed by atoms with Crippen LogP contribution in [0.4, 0.5) is 0 Å². The minimum atomic E-state index is -3.62. The monoisotopic (exact) mass is 516 g/mol. The molecule has 0 atom stereocenters. The van der Waals surface area contributed by atoms with Gasteiger partial charge in [-0.3, -0.25) is 0 Å². The third kappa shape index (κ3) is 9.44. The first-order valence-electron chi connectivity index (χ1n) is 11.9. The van der Waals surface area contributed by atoms with Gasteiger partial charge in [-0.25, -0.2) is 0 Å². The van der Waals surface area contributed by atoms with E-state index < -0.39 is 19.2 Å². The predicted molar refractivity (Wildman–Crippen MR) is 122 cm³/mol. The van der Waals surface area contributed by atoms with E-state index in [0.29, 0.717) is 44.7 Å². The quantitative estimate of drug-likeness (QED) is 0.183.